The van der Waals surface area contributed by atoms with Crippen molar-refractivity contribution >= 4 is 39.9 Å². The number of aliphatic hydroxyl groups is 1. The minimum atomic E-state index is -1.28. The first kappa shape index (κ1) is 22.7. The molecule has 8 nitrogen and oxygen atoms in total. The van der Waals surface area contributed by atoms with E-state index in [9.17, 15) is 14.7 Å². The maximum atomic E-state index is 13.2. The number of carbonyl (C=O) groups is 2. The molecule has 6 rings (SSSR count). The Morgan fingerprint density at radius 3 is 2.69 bits per heavy atom. The summed E-state index contributed by atoms with van der Waals surface area (Å²) in [5.74, 6) is -0.248. The Morgan fingerprint density at radius 1 is 1.08 bits per heavy atom. The first-order chi connectivity index (χ1) is 17.4. The molecule has 4 aromatic rings. The van der Waals surface area contributed by atoms with E-state index in [-0.39, 0.29) is 24.9 Å². The second-order valence-electron chi connectivity index (χ2n) is 9.45. The Morgan fingerprint density at radius 2 is 1.89 bits per heavy atom. The molecule has 36 heavy (non-hydrogen) atoms. The van der Waals surface area contributed by atoms with E-state index in [0.29, 0.717) is 41.5 Å². The number of aromatic nitrogens is 3. The summed E-state index contributed by atoms with van der Waals surface area (Å²) < 4.78 is 1.70. The monoisotopic (exact) mass is 501 g/mol. The highest BCUT2D eigenvalue weighted by Gasteiger charge is 2.47. The van der Waals surface area contributed by atoms with Crippen LogP contribution in [0, 0.1) is 0 Å². The fourth-order valence-corrected chi connectivity index (χ4v) is 5.22. The second kappa shape index (κ2) is 8.72. The smallest absolute Gasteiger partial charge is 0.255 e. The van der Waals surface area contributed by atoms with Crippen LogP contribution in [0.2, 0.25) is 5.02 Å². The Balaban J connectivity index is 1.16. The van der Waals surface area contributed by atoms with E-state index in [4.69, 9.17) is 11.6 Å². The van der Waals surface area contributed by atoms with Crippen molar-refractivity contribution < 1.29 is 14.7 Å². The zero-order valence-corrected chi connectivity index (χ0v) is 20.2. The first-order valence-corrected chi connectivity index (χ1v) is 12.3. The summed E-state index contributed by atoms with van der Waals surface area (Å²) in [6.07, 6.45) is 3.04. The quantitative estimate of drug-likeness (QED) is 0.451. The third-order valence-electron chi connectivity index (χ3n) is 6.99. The van der Waals surface area contributed by atoms with E-state index in [1.165, 1.54) is 4.90 Å². The fourth-order valence-electron chi connectivity index (χ4n) is 5.02. The van der Waals surface area contributed by atoms with Crippen LogP contribution >= 0.6 is 11.6 Å². The van der Waals surface area contributed by atoms with Crippen molar-refractivity contribution in [3.05, 3.63) is 88.7 Å². The van der Waals surface area contributed by atoms with Crippen molar-refractivity contribution in [2.75, 3.05) is 24.5 Å². The van der Waals surface area contributed by atoms with E-state index in [2.05, 4.69) is 34.6 Å². The molecule has 2 amide bonds. The van der Waals surface area contributed by atoms with Gasteiger partial charge < -0.3 is 14.9 Å². The molecule has 9 heteroatoms. The largest absolute Gasteiger partial charge is 0.380 e. The topological polar surface area (TPSA) is 91.6 Å². The van der Waals surface area contributed by atoms with Crippen LogP contribution in [0.15, 0.2) is 66.9 Å². The summed E-state index contributed by atoms with van der Waals surface area (Å²) in [7, 11) is 0. The normalized spacial score (nSPS) is 17.0. The van der Waals surface area contributed by atoms with Gasteiger partial charge in [0.2, 0.25) is 5.91 Å². The Kier molecular flexibility index (Phi) is 5.50. The van der Waals surface area contributed by atoms with Gasteiger partial charge in [-0.05, 0) is 41.0 Å². The fraction of sp³-hybridized carbons (Fsp3) is 0.259. The van der Waals surface area contributed by atoms with Gasteiger partial charge >= 0.3 is 0 Å². The maximum Gasteiger partial charge on any atom is 0.255 e. The summed E-state index contributed by atoms with van der Waals surface area (Å²) in [5, 5.41) is 22.2. The SMILES string of the molecule is O=C(c1cc(N2CCCC2=O)ccc1Cl)N1CC(O)(c2cn(Cc3cccc4ccccc34)nn2)C1. The van der Waals surface area contributed by atoms with Crippen LogP contribution in [0.1, 0.15) is 34.5 Å². The van der Waals surface area contributed by atoms with Gasteiger partial charge in [-0.15, -0.1) is 5.10 Å². The molecule has 0 saturated carbocycles. The number of β-amino-alcohol motifs (C(OH)–C–C–N with tert-alkyl or cyclic N) is 1. The minimum Gasteiger partial charge on any atom is -0.380 e. The zero-order valence-electron chi connectivity index (χ0n) is 19.5. The summed E-state index contributed by atoms with van der Waals surface area (Å²) >= 11 is 6.33. The average Bonchev–Trinajstić information content (AvgIpc) is 3.51. The van der Waals surface area contributed by atoms with Crippen LogP contribution in [0.4, 0.5) is 5.69 Å². The number of carbonyl (C=O) groups excluding carboxylic acids is 2. The standard InChI is InChI=1S/C27H24ClN5O3/c28-23-11-10-20(33-12-4-9-25(33)34)13-22(23)26(35)31-16-27(36,17-31)24-15-32(30-29-24)14-19-7-3-6-18-5-1-2-8-21(18)19/h1-3,5-8,10-11,13,15,36H,4,9,12,14,16-17H2. The van der Waals surface area contributed by atoms with Crippen molar-refractivity contribution in [3.8, 4) is 0 Å². The van der Waals surface area contributed by atoms with E-state index >= 15 is 0 Å². The third-order valence-corrected chi connectivity index (χ3v) is 7.31. The van der Waals surface area contributed by atoms with Gasteiger partial charge in [-0.3, -0.25) is 9.59 Å². The Hall–Kier alpha value is -3.75. The van der Waals surface area contributed by atoms with Gasteiger partial charge in [-0.2, -0.15) is 0 Å². The van der Waals surface area contributed by atoms with Crippen molar-refractivity contribution in [1.82, 2.24) is 19.9 Å². The Bertz CT molecular complexity index is 1490. The van der Waals surface area contributed by atoms with Gasteiger partial charge in [0.05, 0.1) is 36.4 Å². The van der Waals surface area contributed by atoms with Crippen LogP contribution in [0.25, 0.3) is 10.8 Å². The van der Waals surface area contributed by atoms with Gasteiger partial charge in [0.15, 0.2) is 0 Å². The molecule has 182 valence electrons. The number of halogens is 1. The molecule has 3 heterocycles. The summed E-state index contributed by atoms with van der Waals surface area (Å²) in [4.78, 5) is 28.5. The van der Waals surface area contributed by atoms with Crippen LogP contribution in [0.3, 0.4) is 0 Å². The summed E-state index contributed by atoms with van der Waals surface area (Å²) in [5.41, 5.74) is 1.23. The molecular formula is C27H24ClN5O3. The van der Waals surface area contributed by atoms with Gasteiger partial charge in [0.25, 0.3) is 5.91 Å². The van der Waals surface area contributed by atoms with E-state index in [1.54, 1.807) is 34.0 Å². The number of hydrogen-bond acceptors (Lipinski definition) is 5. The summed E-state index contributed by atoms with van der Waals surface area (Å²) in [6.45, 7) is 1.32. The lowest BCUT2D eigenvalue weighted by molar-refractivity contribution is -0.117. The van der Waals surface area contributed by atoms with Crippen molar-refractivity contribution in [1.29, 1.82) is 0 Å². The lowest BCUT2D eigenvalue weighted by atomic mass is 9.90. The predicted octanol–water partition coefficient (Wildman–Crippen LogP) is 3.60. The second-order valence-corrected chi connectivity index (χ2v) is 9.85. The van der Waals surface area contributed by atoms with Crippen molar-refractivity contribution in [2.24, 2.45) is 0 Å². The maximum absolute atomic E-state index is 13.2. The number of amides is 2. The molecule has 0 aliphatic carbocycles. The minimum absolute atomic E-state index is 0.0423. The number of fused-ring (bicyclic) bond motifs is 1. The van der Waals surface area contributed by atoms with Gasteiger partial charge in [0.1, 0.15) is 11.3 Å². The molecule has 2 fully saturated rings. The molecule has 2 aliphatic rings. The van der Waals surface area contributed by atoms with Crippen molar-refractivity contribution in [3.63, 3.8) is 0 Å². The third kappa shape index (κ3) is 3.92. The molecule has 2 aliphatic heterocycles. The van der Waals surface area contributed by atoms with Gasteiger partial charge in [0, 0.05) is 18.7 Å². The number of anilines is 1. The molecule has 1 aromatic heterocycles. The number of likely N-dealkylation sites (tertiary alicyclic amines) is 1. The van der Waals surface area contributed by atoms with Crippen LogP contribution in [-0.4, -0.2) is 56.4 Å². The number of benzene rings is 3. The van der Waals surface area contributed by atoms with Crippen LogP contribution in [0.5, 0.6) is 0 Å². The zero-order chi connectivity index (χ0) is 24.9. The van der Waals surface area contributed by atoms with Crippen LogP contribution in [-0.2, 0) is 16.9 Å². The highest BCUT2D eigenvalue weighted by molar-refractivity contribution is 6.34. The lowest BCUT2D eigenvalue weighted by Crippen LogP contribution is -2.61. The molecule has 0 atom stereocenters. The molecule has 0 bridgehead atoms. The summed E-state index contributed by atoms with van der Waals surface area (Å²) in [6, 6.07) is 19.3. The number of rotatable bonds is 5. The average molecular weight is 502 g/mol. The highest BCUT2D eigenvalue weighted by atomic mass is 35.5. The van der Waals surface area contributed by atoms with E-state index in [0.717, 1.165) is 22.8 Å². The van der Waals surface area contributed by atoms with Gasteiger partial charge in [-0.25, -0.2) is 4.68 Å². The van der Waals surface area contributed by atoms with Crippen molar-refractivity contribution in [2.45, 2.75) is 25.0 Å². The van der Waals surface area contributed by atoms with E-state index in [1.807, 2.05) is 18.2 Å². The molecular weight excluding hydrogens is 478 g/mol. The molecule has 3 aromatic carbocycles. The lowest BCUT2D eigenvalue weighted by Gasteiger charge is -2.45. The van der Waals surface area contributed by atoms with E-state index < -0.39 is 5.60 Å². The first-order valence-electron chi connectivity index (χ1n) is 11.9. The Labute approximate surface area is 212 Å². The number of nitrogens with zero attached hydrogens (tertiary/aromatic N) is 5. The van der Waals surface area contributed by atoms with Gasteiger partial charge in [-0.1, -0.05) is 59.3 Å². The molecule has 0 unspecified atom stereocenters. The molecule has 0 spiro atoms. The number of hydrogen-bond donors (Lipinski definition) is 1. The molecule has 1 N–H and O–H groups in total. The molecule has 2 saturated heterocycles. The molecule has 0 radical (unpaired) electrons. The highest BCUT2D eigenvalue weighted by Crippen LogP contribution is 2.34. The van der Waals surface area contributed by atoms with Crippen LogP contribution < -0.4 is 4.90 Å². The predicted molar refractivity (Wildman–Crippen MR) is 136 cm³/mol.